The van der Waals surface area contributed by atoms with Gasteiger partial charge in [-0.1, -0.05) is 40.5 Å². The number of fused-ring (bicyclic) bond motifs is 1. The van der Waals surface area contributed by atoms with Gasteiger partial charge in [-0.05, 0) is 48.9 Å². The molecule has 0 aliphatic carbocycles. The average Bonchev–Trinajstić information content (AvgIpc) is 3.54. The predicted octanol–water partition coefficient (Wildman–Crippen LogP) is 5.18. The van der Waals surface area contributed by atoms with Crippen molar-refractivity contribution in [3.05, 3.63) is 59.8 Å². The monoisotopic (exact) mass is 520 g/mol. The first-order valence-corrected chi connectivity index (χ1v) is 12.9. The van der Waals surface area contributed by atoms with E-state index < -0.39 is 0 Å². The van der Waals surface area contributed by atoms with Crippen molar-refractivity contribution in [2.75, 3.05) is 32.3 Å². The van der Waals surface area contributed by atoms with Crippen LogP contribution < -0.4 is 19.5 Å². The maximum absolute atomic E-state index is 13.4. The quantitative estimate of drug-likeness (QED) is 0.370. The number of nitrogens with one attached hydrogen (secondary N) is 1. The van der Waals surface area contributed by atoms with Crippen LogP contribution in [0.1, 0.15) is 63.0 Å². The number of benzene rings is 2. The van der Waals surface area contributed by atoms with Crippen LogP contribution in [0.3, 0.4) is 0 Å². The molecule has 0 saturated heterocycles. The maximum atomic E-state index is 13.4. The smallest absolute Gasteiger partial charge is 0.254 e. The molecule has 1 aromatic heterocycles. The number of carbonyl (C=O) groups excluding carboxylic acids is 2. The normalized spacial score (nSPS) is 12.3. The molecule has 0 unspecified atom stereocenters. The van der Waals surface area contributed by atoms with Crippen LogP contribution in [0.15, 0.2) is 48.5 Å². The van der Waals surface area contributed by atoms with Crippen LogP contribution in [0.25, 0.3) is 5.69 Å². The lowest BCUT2D eigenvalue weighted by molar-refractivity contribution is -0.117. The second-order valence-corrected chi connectivity index (χ2v) is 10.3. The van der Waals surface area contributed by atoms with Crippen molar-refractivity contribution in [2.45, 2.75) is 52.4 Å². The molecule has 1 aliphatic heterocycles. The van der Waals surface area contributed by atoms with Crippen molar-refractivity contribution in [1.29, 1.82) is 0 Å². The third-order valence-corrected chi connectivity index (χ3v) is 6.34. The van der Waals surface area contributed by atoms with Gasteiger partial charge in [0.05, 0.1) is 18.5 Å². The number of carbonyl (C=O) groups is 2. The predicted molar refractivity (Wildman–Crippen MR) is 145 cm³/mol. The van der Waals surface area contributed by atoms with Crippen molar-refractivity contribution in [2.24, 2.45) is 0 Å². The summed E-state index contributed by atoms with van der Waals surface area (Å²) in [6, 6.07) is 14.4. The van der Waals surface area contributed by atoms with E-state index in [9.17, 15) is 9.59 Å². The van der Waals surface area contributed by atoms with Gasteiger partial charge < -0.3 is 24.4 Å². The molecule has 9 heteroatoms. The Morgan fingerprint density at radius 2 is 1.79 bits per heavy atom. The summed E-state index contributed by atoms with van der Waals surface area (Å²) in [5, 5.41) is 7.76. The Bertz CT molecular complexity index is 1280. The molecule has 202 valence electrons. The Hall–Kier alpha value is -4.01. The van der Waals surface area contributed by atoms with E-state index >= 15 is 0 Å². The zero-order chi connectivity index (χ0) is 27.3. The number of hydrogen-bond donors (Lipinski definition) is 1. The highest BCUT2D eigenvalue weighted by molar-refractivity contribution is 5.99. The van der Waals surface area contributed by atoms with Gasteiger partial charge in [-0.25, -0.2) is 4.68 Å². The molecule has 3 aromatic rings. The van der Waals surface area contributed by atoms with Gasteiger partial charge in [0.15, 0.2) is 11.5 Å². The third-order valence-electron chi connectivity index (χ3n) is 6.34. The molecule has 0 fully saturated rings. The first-order chi connectivity index (χ1) is 18.2. The molecule has 2 amide bonds. The van der Waals surface area contributed by atoms with Crippen LogP contribution in [0.2, 0.25) is 0 Å². The Kier molecular flexibility index (Phi) is 8.24. The standard InChI is InChI=1S/C29H36N4O5/c1-6-7-8-15-32(28(35)20-9-14-23-24(16-20)38-19-37-23)18-27(34)30-26-17-25(29(2,3)4)31-33(26)21-10-12-22(36-5)13-11-21/h9-14,16-17H,6-8,15,18-19H2,1-5H3,(H,30,34). The molecular formula is C29H36N4O5. The molecule has 0 saturated carbocycles. The van der Waals surface area contributed by atoms with Gasteiger partial charge in [-0.2, -0.15) is 5.10 Å². The van der Waals surface area contributed by atoms with E-state index in [0.717, 1.165) is 36.4 Å². The minimum absolute atomic E-state index is 0.0877. The van der Waals surface area contributed by atoms with Gasteiger partial charge in [0, 0.05) is 23.6 Å². The number of amides is 2. The van der Waals surface area contributed by atoms with Crippen LogP contribution >= 0.6 is 0 Å². The first kappa shape index (κ1) is 27.0. The molecule has 0 spiro atoms. The Morgan fingerprint density at radius 3 is 2.47 bits per heavy atom. The Labute approximate surface area is 223 Å². The Morgan fingerprint density at radius 1 is 1.05 bits per heavy atom. The molecule has 1 aliphatic rings. The summed E-state index contributed by atoms with van der Waals surface area (Å²) in [6.45, 7) is 8.82. The van der Waals surface area contributed by atoms with Gasteiger partial charge >= 0.3 is 0 Å². The van der Waals surface area contributed by atoms with Gasteiger partial charge in [0.1, 0.15) is 18.1 Å². The number of rotatable bonds is 10. The van der Waals surface area contributed by atoms with Gasteiger partial charge in [0.25, 0.3) is 5.91 Å². The Balaban J connectivity index is 1.56. The third kappa shape index (κ3) is 6.27. The lowest BCUT2D eigenvalue weighted by Gasteiger charge is -2.22. The first-order valence-electron chi connectivity index (χ1n) is 12.9. The molecule has 38 heavy (non-hydrogen) atoms. The fraction of sp³-hybridized carbons (Fsp3) is 0.414. The minimum Gasteiger partial charge on any atom is -0.497 e. The fourth-order valence-electron chi connectivity index (χ4n) is 4.13. The molecule has 9 nitrogen and oxygen atoms in total. The van der Waals surface area contributed by atoms with Gasteiger partial charge in [0.2, 0.25) is 12.7 Å². The number of unbranched alkanes of at least 4 members (excludes halogenated alkanes) is 2. The largest absolute Gasteiger partial charge is 0.497 e. The van der Waals surface area contributed by atoms with Crippen LogP contribution in [0.4, 0.5) is 5.82 Å². The van der Waals surface area contributed by atoms with Crippen molar-refractivity contribution in [3.63, 3.8) is 0 Å². The lowest BCUT2D eigenvalue weighted by atomic mass is 9.92. The van der Waals surface area contributed by atoms with E-state index in [-0.39, 0.29) is 30.6 Å². The SMILES string of the molecule is CCCCCN(CC(=O)Nc1cc(C(C)(C)C)nn1-c1ccc(OC)cc1)C(=O)c1ccc2c(c1)OCO2. The number of anilines is 1. The summed E-state index contributed by atoms with van der Waals surface area (Å²) in [4.78, 5) is 28.3. The minimum atomic E-state index is -0.300. The summed E-state index contributed by atoms with van der Waals surface area (Å²) in [5.74, 6) is 1.88. The van der Waals surface area contributed by atoms with Crippen LogP contribution in [0.5, 0.6) is 17.2 Å². The molecule has 4 rings (SSSR count). The fourth-order valence-corrected chi connectivity index (χ4v) is 4.13. The summed E-state index contributed by atoms with van der Waals surface area (Å²) in [5.41, 5.74) is 1.85. The summed E-state index contributed by atoms with van der Waals surface area (Å²) >= 11 is 0. The maximum Gasteiger partial charge on any atom is 0.254 e. The highest BCUT2D eigenvalue weighted by Gasteiger charge is 2.25. The molecule has 1 N–H and O–H groups in total. The van der Waals surface area contributed by atoms with Crippen LogP contribution in [-0.2, 0) is 10.2 Å². The van der Waals surface area contributed by atoms with Gasteiger partial charge in [-0.3, -0.25) is 9.59 Å². The van der Waals surface area contributed by atoms with E-state index in [0.29, 0.717) is 29.4 Å². The van der Waals surface area contributed by atoms with Gasteiger partial charge in [-0.15, -0.1) is 0 Å². The number of methoxy groups -OCH3 is 1. The number of aromatic nitrogens is 2. The topological polar surface area (TPSA) is 94.9 Å². The lowest BCUT2D eigenvalue weighted by Crippen LogP contribution is -2.39. The number of ether oxygens (including phenoxy) is 3. The summed E-state index contributed by atoms with van der Waals surface area (Å²) in [6.07, 6.45) is 2.78. The number of nitrogens with zero attached hydrogens (tertiary/aromatic N) is 3. The van der Waals surface area contributed by atoms with E-state index in [2.05, 4.69) is 33.0 Å². The number of hydrogen-bond acceptors (Lipinski definition) is 6. The summed E-state index contributed by atoms with van der Waals surface area (Å²) in [7, 11) is 1.61. The zero-order valence-corrected chi connectivity index (χ0v) is 22.7. The van der Waals surface area contributed by atoms with E-state index in [1.54, 1.807) is 34.9 Å². The molecule has 0 bridgehead atoms. The summed E-state index contributed by atoms with van der Waals surface area (Å²) < 4.78 is 17.8. The highest BCUT2D eigenvalue weighted by Crippen LogP contribution is 2.33. The van der Waals surface area contributed by atoms with E-state index in [1.165, 1.54) is 0 Å². The van der Waals surface area contributed by atoms with Crippen LogP contribution in [0, 0.1) is 0 Å². The van der Waals surface area contributed by atoms with E-state index in [1.807, 2.05) is 30.3 Å². The van der Waals surface area contributed by atoms with Crippen molar-refractivity contribution < 1.29 is 23.8 Å². The highest BCUT2D eigenvalue weighted by atomic mass is 16.7. The van der Waals surface area contributed by atoms with Crippen molar-refractivity contribution >= 4 is 17.6 Å². The molecular weight excluding hydrogens is 484 g/mol. The van der Waals surface area contributed by atoms with Crippen molar-refractivity contribution in [3.8, 4) is 22.9 Å². The van der Waals surface area contributed by atoms with E-state index in [4.69, 9.17) is 19.3 Å². The second kappa shape index (κ2) is 11.6. The molecule has 0 radical (unpaired) electrons. The molecule has 0 atom stereocenters. The second-order valence-electron chi connectivity index (χ2n) is 10.3. The van der Waals surface area contributed by atoms with Crippen molar-refractivity contribution in [1.82, 2.24) is 14.7 Å². The zero-order valence-electron chi connectivity index (χ0n) is 22.7. The molecule has 2 heterocycles. The molecule has 2 aromatic carbocycles. The average molecular weight is 521 g/mol. The van der Waals surface area contributed by atoms with Crippen LogP contribution in [-0.4, -0.2) is 53.5 Å².